The molecule has 0 fully saturated rings. The number of nitrogens with one attached hydrogen (secondary N) is 2. The lowest BCUT2D eigenvalue weighted by atomic mass is 10.3. The summed E-state index contributed by atoms with van der Waals surface area (Å²) in [4.78, 5) is 14.1. The highest BCUT2D eigenvalue weighted by Crippen LogP contribution is 2.08. The number of rotatable bonds is 5. The number of amides is 1. The van der Waals surface area contributed by atoms with Crippen LogP contribution >= 0.6 is 0 Å². The summed E-state index contributed by atoms with van der Waals surface area (Å²) < 4.78 is 22.1. The third-order valence-electron chi connectivity index (χ3n) is 2.00. The third kappa shape index (κ3) is 3.44. The van der Waals surface area contributed by atoms with Crippen LogP contribution in [-0.4, -0.2) is 19.3 Å². The Labute approximate surface area is 105 Å². The zero-order chi connectivity index (χ0) is 13.8. The first-order valence-corrected chi connectivity index (χ1v) is 6.41. The first-order valence-electron chi connectivity index (χ1n) is 4.86. The second kappa shape index (κ2) is 5.48. The molecular weight excluding hydrogens is 254 g/mol. The van der Waals surface area contributed by atoms with Crippen molar-refractivity contribution in [2.45, 2.75) is 4.90 Å². The average Bonchev–Trinajstić information content (AvgIpc) is 2.77. The lowest BCUT2D eigenvalue weighted by molar-refractivity contribution is 0.0963. The van der Waals surface area contributed by atoms with Gasteiger partial charge in [0.25, 0.3) is 5.91 Å². The highest BCUT2D eigenvalue weighted by molar-refractivity contribution is 7.89. The second-order valence-corrected chi connectivity index (χ2v) is 4.87. The molecule has 0 spiro atoms. The average molecular weight is 267 g/mol. The van der Waals surface area contributed by atoms with Crippen molar-refractivity contribution in [3.8, 4) is 0 Å². The van der Waals surface area contributed by atoms with Gasteiger partial charge in [-0.15, -0.1) is 0 Å². The number of H-pyrrole nitrogens is 1. The lowest BCUT2D eigenvalue weighted by Gasteiger charge is -2.02. The van der Waals surface area contributed by atoms with Crippen LogP contribution in [0, 0.1) is 0 Å². The normalized spacial score (nSPS) is 11.9. The van der Waals surface area contributed by atoms with Gasteiger partial charge < -0.3 is 10.3 Å². The van der Waals surface area contributed by atoms with Gasteiger partial charge in [0.15, 0.2) is 0 Å². The number of carbonyl (C=O) groups excluding carboxylic acids is 1. The summed E-state index contributed by atoms with van der Waals surface area (Å²) in [5.41, 5.74) is 0.526. The molecule has 1 aromatic rings. The van der Waals surface area contributed by atoms with Crippen LogP contribution in [0.2, 0.25) is 0 Å². The summed E-state index contributed by atoms with van der Waals surface area (Å²) in [5, 5.41) is 7.44. The molecule has 0 unspecified atom stereocenters. The molecule has 18 heavy (non-hydrogen) atoms. The van der Waals surface area contributed by atoms with Crippen LogP contribution in [0.3, 0.4) is 0 Å². The van der Waals surface area contributed by atoms with E-state index in [-0.39, 0.29) is 10.6 Å². The van der Waals surface area contributed by atoms with E-state index in [4.69, 9.17) is 5.14 Å². The lowest BCUT2D eigenvalue weighted by Crippen LogP contribution is -2.22. The van der Waals surface area contributed by atoms with Gasteiger partial charge in [-0.1, -0.05) is 19.2 Å². The molecule has 0 atom stereocenters. The number of primary sulfonamides is 1. The van der Waals surface area contributed by atoms with E-state index in [2.05, 4.69) is 23.5 Å². The zero-order valence-electron chi connectivity index (χ0n) is 9.51. The molecule has 96 valence electrons. The van der Waals surface area contributed by atoms with Gasteiger partial charge in [0.2, 0.25) is 10.0 Å². The molecule has 0 radical (unpaired) electrons. The fraction of sp³-hybridized carbons (Fsp3) is 0. The number of hydrogen-bond donors (Lipinski definition) is 3. The van der Waals surface area contributed by atoms with Crippen molar-refractivity contribution in [1.29, 1.82) is 0 Å². The van der Waals surface area contributed by atoms with E-state index in [1.165, 1.54) is 12.2 Å². The largest absolute Gasteiger partial charge is 0.356 e. The minimum Gasteiger partial charge on any atom is -0.356 e. The van der Waals surface area contributed by atoms with E-state index in [0.29, 0.717) is 5.70 Å². The number of sulfonamides is 1. The fourth-order valence-corrected chi connectivity index (χ4v) is 1.66. The first kappa shape index (κ1) is 13.9. The maximum atomic E-state index is 11.7. The predicted octanol–water partition coefficient (Wildman–Crippen LogP) is 0.648. The summed E-state index contributed by atoms with van der Waals surface area (Å²) in [7, 11) is -3.82. The van der Waals surface area contributed by atoms with Gasteiger partial charge in [0, 0.05) is 11.9 Å². The van der Waals surface area contributed by atoms with Crippen molar-refractivity contribution in [3.05, 3.63) is 55.0 Å². The van der Waals surface area contributed by atoms with Crippen molar-refractivity contribution < 1.29 is 13.2 Å². The Kier molecular flexibility index (Phi) is 4.24. The molecule has 0 aliphatic carbocycles. The standard InChI is InChI=1S/C11H13N3O3S/c1-3-5-8(4-2)14-11(15)10-6-9(7-13-10)18(12,16)17/h3-7,13H,1-2H2,(H,14,15)(H2,12,16,17)/b8-5+. The van der Waals surface area contributed by atoms with E-state index in [1.54, 1.807) is 6.08 Å². The zero-order valence-corrected chi connectivity index (χ0v) is 10.3. The number of allylic oxidation sites excluding steroid dienone is 3. The molecule has 0 saturated heterocycles. The predicted molar refractivity (Wildman–Crippen MR) is 68.1 cm³/mol. The minimum atomic E-state index is -3.82. The summed E-state index contributed by atoms with van der Waals surface area (Å²) in [6.07, 6.45) is 5.62. The molecule has 0 bridgehead atoms. The van der Waals surface area contributed by atoms with Crippen LogP contribution < -0.4 is 10.5 Å². The van der Waals surface area contributed by atoms with Crippen molar-refractivity contribution in [1.82, 2.24) is 10.3 Å². The topological polar surface area (TPSA) is 105 Å². The van der Waals surface area contributed by atoms with E-state index < -0.39 is 15.9 Å². The maximum Gasteiger partial charge on any atom is 0.272 e. The maximum absolute atomic E-state index is 11.7. The molecule has 1 aromatic heterocycles. The van der Waals surface area contributed by atoms with Crippen molar-refractivity contribution in [2.75, 3.05) is 0 Å². The third-order valence-corrected chi connectivity index (χ3v) is 2.90. The first-order chi connectivity index (χ1) is 8.38. The van der Waals surface area contributed by atoms with Gasteiger partial charge in [-0.25, -0.2) is 13.6 Å². The molecule has 1 heterocycles. The smallest absolute Gasteiger partial charge is 0.272 e. The highest BCUT2D eigenvalue weighted by atomic mass is 32.2. The molecule has 0 aromatic carbocycles. The van der Waals surface area contributed by atoms with Crippen molar-refractivity contribution in [3.63, 3.8) is 0 Å². The van der Waals surface area contributed by atoms with Gasteiger partial charge in [0.1, 0.15) is 5.69 Å². The molecule has 1 rings (SSSR count). The van der Waals surface area contributed by atoms with Gasteiger partial charge in [-0.05, 0) is 18.2 Å². The summed E-state index contributed by atoms with van der Waals surface area (Å²) >= 11 is 0. The Morgan fingerprint density at radius 1 is 1.44 bits per heavy atom. The van der Waals surface area contributed by atoms with Crippen LogP contribution in [0.1, 0.15) is 10.5 Å². The number of nitrogens with two attached hydrogens (primary N) is 1. The minimum absolute atomic E-state index is 0.0795. The number of carbonyl (C=O) groups is 1. The quantitative estimate of drug-likeness (QED) is 0.682. The highest BCUT2D eigenvalue weighted by Gasteiger charge is 2.14. The van der Waals surface area contributed by atoms with Crippen molar-refractivity contribution >= 4 is 15.9 Å². The van der Waals surface area contributed by atoms with Crippen LogP contribution in [-0.2, 0) is 10.0 Å². The van der Waals surface area contributed by atoms with Crippen LogP contribution in [0.5, 0.6) is 0 Å². The van der Waals surface area contributed by atoms with E-state index in [9.17, 15) is 13.2 Å². The van der Waals surface area contributed by atoms with E-state index >= 15 is 0 Å². The van der Waals surface area contributed by atoms with Gasteiger partial charge in [-0.2, -0.15) is 0 Å². The molecule has 0 aliphatic rings. The summed E-state index contributed by atoms with van der Waals surface area (Å²) in [5.74, 6) is -0.502. The Morgan fingerprint density at radius 3 is 2.56 bits per heavy atom. The van der Waals surface area contributed by atoms with Crippen molar-refractivity contribution in [2.24, 2.45) is 5.14 Å². The van der Waals surface area contributed by atoms with Crippen LogP contribution in [0.4, 0.5) is 0 Å². The Morgan fingerprint density at radius 2 is 2.11 bits per heavy atom. The van der Waals surface area contributed by atoms with E-state index in [0.717, 1.165) is 12.3 Å². The Balaban J connectivity index is 2.92. The fourth-order valence-electron chi connectivity index (χ4n) is 1.16. The number of aromatic amines is 1. The number of aromatic nitrogens is 1. The molecule has 7 heteroatoms. The Hall–Kier alpha value is -2.12. The summed E-state index contributed by atoms with van der Waals surface area (Å²) in [6, 6.07) is 1.15. The monoisotopic (exact) mass is 267 g/mol. The van der Waals surface area contributed by atoms with Gasteiger partial charge in [0.05, 0.1) is 4.90 Å². The van der Waals surface area contributed by atoms with Crippen LogP contribution in [0.15, 0.2) is 54.2 Å². The van der Waals surface area contributed by atoms with Gasteiger partial charge >= 0.3 is 0 Å². The Bertz CT molecular complexity index is 611. The molecule has 0 aliphatic heterocycles. The second-order valence-electron chi connectivity index (χ2n) is 3.31. The summed E-state index contributed by atoms with van der Waals surface area (Å²) in [6.45, 7) is 7.00. The van der Waals surface area contributed by atoms with E-state index in [1.807, 2.05) is 0 Å². The van der Waals surface area contributed by atoms with Gasteiger partial charge in [-0.3, -0.25) is 4.79 Å². The molecule has 1 amide bonds. The molecule has 0 saturated carbocycles. The van der Waals surface area contributed by atoms with Crippen LogP contribution in [0.25, 0.3) is 0 Å². The molecule has 4 N–H and O–H groups in total. The molecular formula is C11H13N3O3S. The number of hydrogen-bond acceptors (Lipinski definition) is 3. The molecule has 6 nitrogen and oxygen atoms in total. The SMILES string of the molecule is C=C/C=C(\C=C)NC(=O)c1cc(S(N)(=O)=O)c[nH]1.